The van der Waals surface area contributed by atoms with Gasteiger partial charge in [0.05, 0.1) is 10.7 Å². The molecule has 0 aromatic carbocycles. The zero-order valence-corrected chi connectivity index (χ0v) is 13.9. The number of nitrogens with one attached hydrogen (secondary N) is 1. The van der Waals surface area contributed by atoms with Crippen LogP contribution in [-0.2, 0) is 16.0 Å². The molecule has 1 aromatic heterocycles. The summed E-state index contributed by atoms with van der Waals surface area (Å²) in [6, 6.07) is -0.482. The maximum atomic E-state index is 12.4. The molecule has 0 spiro atoms. The molecule has 2 fully saturated rings. The van der Waals surface area contributed by atoms with Crippen molar-refractivity contribution in [1.82, 2.24) is 20.1 Å². The molecule has 0 bridgehead atoms. The highest BCUT2D eigenvalue weighted by atomic mass is 32.1. The first kappa shape index (κ1) is 15.9. The van der Waals surface area contributed by atoms with Crippen molar-refractivity contribution < 1.29 is 14.4 Å². The van der Waals surface area contributed by atoms with E-state index in [0.29, 0.717) is 13.1 Å². The molecule has 1 aromatic rings. The Balaban J connectivity index is 1.60. The molecular weight excluding hydrogens is 316 g/mol. The van der Waals surface area contributed by atoms with Crippen LogP contribution in [0, 0.1) is 0 Å². The summed E-state index contributed by atoms with van der Waals surface area (Å²) in [5.41, 5.74) is 1.10. The molecule has 2 aliphatic heterocycles. The van der Waals surface area contributed by atoms with Gasteiger partial charge in [-0.15, -0.1) is 11.3 Å². The van der Waals surface area contributed by atoms with Crippen LogP contribution in [0.3, 0.4) is 0 Å². The highest BCUT2D eigenvalue weighted by Crippen LogP contribution is 2.29. The SMILES string of the molecule is CCc1csc(C2CCCN(C(=O)CN3CC(=O)NC3=O)C2)n1. The molecule has 3 heterocycles. The van der Waals surface area contributed by atoms with Gasteiger partial charge >= 0.3 is 6.03 Å². The van der Waals surface area contributed by atoms with E-state index in [1.807, 2.05) is 0 Å². The molecule has 0 saturated carbocycles. The number of aryl methyl sites for hydroxylation is 1. The van der Waals surface area contributed by atoms with Crippen molar-refractivity contribution in [3.63, 3.8) is 0 Å². The normalized spacial score (nSPS) is 21.7. The quantitative estimate of drug-likeness (QED) is 0.831. The van der Waals surface area contributed by atoms with Crippen molar-refractivity contribution in [2.24, 2.45) is 0 Å². The first-order chi connectivity index (χ1) is 11.1. The van der Waals surface area contributed by atoms with Gasteiger partial charge in [0.2, 0.25) is 11.8 Å². The zero-order valence-electron chi connectivity index (χ0n) is 13.1. The number of likely N-dealkylation sites (tertiary alicyclic amines) is 1. The van der Waals surface area contributed by atoms with Gasteiger partial charge in [-0.2, -0.15) is 0 Å². The molecular formula is C15H20N4O3S. The lowest BCUT2D eigenvalue weighted by molar-refractivity contribution is -0.132. The Morgan fingerprint density at radius 1 is 1.48 bits per heavy atom. The topological polar surface area (TPSA) is 82.6 Å². The van der Waals surface area contributed by atoms with Gasteiger partial charge in [-0.25, -0.2) is 9.78 Å². The number of hydrogen-bond acceptors (Lipinski definition) is 5. The molecule has 1 unspecified atom stereocenters. The molecule has 1 N–H and O–H groups in total. The lowest BCUT2D eigenvalue weighted by Gasteiger charge is -2.32. The maximum absolute atomic E-state index is 12.4. The number of nitrogens with zero attached hydrogens (tertiary/aromatic N) is 3. The van der Waals surface area contributed by atoms with Gasteiger partial charge in [-0.1, -0.05) is 6.92 Å². The molecule has 2 aliphatic rings. The Morgan fingerprint density at radius 2 is 2.30 bits per heavy atom. The van der Waals surface area contributed by atoms with E-state index in [2.05, 4.69) is 22.6 Å². The van der Waals surface area contributed by atoms with E-state index in [4.69, 9.17) is 0 Å². The smallest absolute Gasteiger partial charge is 0.325 e. The number of piperidine rings is 1. The van der Waals surface area contributed by atoms with Crippen LogP contribution in [0.4, 0.5) is 4.79 Å². The molecule has 124 valence electrons. The molecule has 8 heteroatoms. The summed E-state index contributed by atoms with van der Waals surface area (Å²) in [6.07, 6.45) is 2.88. The minimum absolute atomic E-state index is 0.0335. The van der Waals surface area contributed by atoms with Crippen molar-refractivity contribution in [2.75, 3.05) is 26.2 Å². The Labute approximate surface area is 138 Å². The predicted octanol–water partition coefficient (Wildman–Crippen LogP) is 0.963. The van der Waals surface area contributed by atoms with Crippen molar-refractivity contribution >= 4 is 29.2 Å². The summed E-state index contributed by atoms with van der Waals surface area (Å²) in [4.78, 5) is 42.8. The highest BCUT2D eigenvalue weighted by Gasteiger charge is 2.32. The molecule has 7 nitrogen and oxygen atoms in total. The number of urea groups is 1. The maximum Gasteiger partial charge on any atom is 0.325 e. The van der Waals surface area contributed by atoms with Crippen LogP contribution in [0.25, 0.3) is 0 Å². The predicted molar refractivity (Wildman–Crippen MR) is 85.2 cm³/mol. The van der Waals surface area contributed by atoms with Gasteiger partial charge in [0.15, 0.2) is 0 Å². The fraction of sp³-hybridized carbons (Fsp3) is 0.600. The van der Waals surface area contributed by atoms with E-state index >= 15 is 0 Å². The first-order valence-corrected chi connectivity index (χ1v) is 8.75. The number of hydrogen-bond donors (Lipinski definition) is 1. The summed E-state index contributed by atoms with van der Waals surface area (Å²) in [7, 11) is 0. The fourth-order valence-electron chi connectivity index (χ4n) is 2.95. The van der Waals surface area contributed by atoms with Crippen LogP contribution in [0.2, 0.25) is 0 Å². The number of rotatable bonds is 4. The summed E-state index contributed by atoms with van der Waals surface area (Å²) in [5, 5.41) is 5.36. The van der Waals surface area contributed by atoms with E-state index in [9.17, 15) is 14.4 Å². The minimum Gasteiger partial charge on any atom is -0.340 e. The number of carbonyl (C=O) groups is 3. The average molecular weight is 336 g/mol. The van der Waals surface area contributed by atoms with Crippen molar-refractivity contribution in [1.29, 1.82) is 0 Å². The van der Waals surface area contributed by atoms with Crippen molar-refractivity contribution in [3.05, 3.63) is 16.1 Å². The Bertz CT molecular complexity index is 630. The Kier molecular flexibility index (Phi) is 4.61. The van der Waals surface area contributed by atoms with Crippen LogP contribution < -0.4 is 5.32 Å². The molecule has 0 aliphatic carbocycles. The largest absolute Gasteiger partial charge is 0.340 e. The monoisotopic (exact) mass is 336 g/mol. The number of thiazole rings is 1. The van der Waals surface area contributed by atoms with Gasteiger partial charge in [-0.3, -0.25) is 14.9 Å². The first-order valence-electron chi connectivity index (χ1n) is 7.87. The zero-order chi connectivity index (χ0) is 16.4. The number of amides is 4. The second kappa shape index (κ2) is 6.66. The van der Waals surface area contributed by atoms with E-state index in [1.54, 1.807) is 16.2 Å². The van der Waals surface area contributed by atoms with E-state index < -0.39 is 6.03 Å². The molecule has 3 rings (SSSR count). The van der Waals surface area contributed by atoms with Gasteiger partial charge in [-0.05, 0) is 19.3 Å². The van der Waals surface area contributed by atoms with Gasteiger partial charge < -0.3 is 9.80 Å². The number of aromatic nitrogens is 1. The summed E-state index contributed by atoms with van der Waals surface area (Å²) in [6.45, 7) is 3.35. The standard InChI is InChI=1S/C15H20N4O3S/c1-2-11-9-23-14(16-11)10-4-3-5-18(6-10)13(21)8-19-7-12(20)17-15(19)22/h9-10H,2-8H2,1H3,(H,17,20,22). The molecule has 0 radical (unpaired) electrons. The number of imide groups is 1. The van der Waals surface area contributed by atoms with Crippen molar-refractivity contribution in [2.45, 2.75) is 32.1 Å². The van der Waals surface area contributed by atoms with Crippen LogP contribution in [0.5, 0.6) is 0 Å². The lowest BCUT2D eigenvalue weighted by atomic mass is 9.98. The molecule has 2 saturated heterocycles. The van der Waals surface area contributed by atoms with Gasteiger partial charge in [0.25, 0.3) is 0 Å². The summed E-state index contributed by atoms with van der Waals surface area (Å²) >= 11 is 1.66. The minimum atomic E-state index is -0.482. The van der Waals surface area contributed by atoms with Crippen LogP contribution in [-0.4, -0.2) is 58.8 Å². The summed E-state index contributed by atoms with van der Waals surface area (Å²) < 4.78 is 0. The summed E-state index contributed by atoms with van der Waals surface area (Å²) in [5.74, 6) is -0.187. The molecule has 23 heavy (non-hydrogen) atoms. The third-order valence-electron chi connectivity index (χ3n) is 4.25. The molecule has 1 atom stereocenters. The van der Waals surface area contributed by atoms with Crippen LogP contribution in [0.15, 0.2) is 5.38 Å². The third-order valence-corrected chi connectivity index (χ3v) is 5.31. The van der Waals surface area contributed by atoms with Crippen LogP contribution >= 0.6 is 11.3 Å². The second-order valence-electron chi connectivity index (χ2n) is 5.92. The van der Waals surface area contributed by atoms with E-state index in [1.165, 1.54) is 4.90 Å². The van der Waals surface area contributed by atoms with Gasteiger partial charge in [0.1, 0.15) is 13.1 Å². The second-order valence-corrected chi connectivity index (χ2v) is 6.81. The highest BCUT2D eigenvalue weighted by molar-refractivity contribution is 7.09. The Morgan fingerprint density at radius 3 is 2.96 bits per heavy atom. The lowest BCUT2D eigenvalue weighted by Crippen LogP contribution is -2.45. The van der Waals surface area contributed by atoms with Crippen molar-refractivity contribution in [3.8, 4) is 0 Å². The number of carbonyl (C=O) groups excluding carboxylic acids is 3. The van der Waals surface area contributed by atoms with Gasteiger partial charge in [0, 0.05) is 24.4 Å². The molecule has 4 amide bonds. The Hall–Kier alpha value is -1.96. The van der Waals surface area contributed by atoms with Crippen LogP contribution in [0.1, 0.15) is 36.4 Å². The fourth-order valence-corrected chi connectivity index (χ4v) is 3.98. The average Bonchev–Trinajstić information content (AvgIpc) is 3.14. The van der Waals surface area contributed by atoms with E-state index in [0.717, 1.165) is 30.0 Å². The van der Waals surface area contributed by atoms with E-state index in [-0.39, 0.29) is 30.8 Å². The third kappa shape index (κ3) is 3.52.